The fraction of sp³-hybridized carbons (Fsp3) is 0.111. The molecule has 0 radical (unpaired) electrons. The number of nitrogens with zero attached hydrogens (tertiary/aromatic N) is 1. The highest BCUT2D eigenvalue weighted by atomic mass is 32.1. The molecule has 0 fully saturated rings. The quantitative estimate of drug-likeness (QED) is 0.165. The van der Waals surface area contributed by atoms with Crippen molar-refractivity contribution in [2.45, 2.75) is 20.8 Å². The third kappa shape index (κ3) is 4.21. The van der Waals surface area contributed by atoms with Crippen molar-refractivity contribution in [1.82, 2.24) is 4.57 Å². The van der Waals surface area contributed by atoms with E-state index in [9.17, 15) is 9.59 Å². The Balaban J connectivity index is 1.27. The highest BCUT2D eigenvalue weighted by molar-refractivity contribution is 7.15. The Morgan fingerprint density at radius 3 is 1.90 bits per heavy atom. The van der Waals surface area contributed by atoms with E-state index in [-0.39, 0.29) is 22.6 Å². The van der Waals surface area contributed by atoms with E-state index in [0.29, 0.717) is 28.2 Å². The molecule has 3 aromatic carbocycles. The average Bonchev–Trinajstić information content (AvgIpc) is 3.64. The molecule has 2 aromatic heterocycles. The van der Waals surface area contributed by atoms with Crippen LogP contribution in [0.5, 0.6) is 0 Å². The van der Waals surface area contributed by atoms with Crippen LogP contribution in [0.1, 0.15) is 46.4 Å². The van der Waals surface area contributed by atoms with Crippen LogP contribution >= 0.6 is 11.3 Å². The molecule has 3 heterocycles. The van der Waals surface area contributed by atoms with Gasteiger partial charge in [-0.25, -0.2) is 0 Å². The van der Waals surface area contributed by atoms with E-state index in [2.05, 4.69) is 86.0 Å². The zero-order chi connectivity index (χ0) is 28.3. The molecule has 7 rings (SSSR count). The number of para-hydroxylation sites is 2. The van der Waals surface area contributed by atoms with Gasteiger partial charge in [0.05, 0.1) is 16.6 Å². The first-order chi connectivity index (χ1) is 19.8. The van der Waals surface area contributed by atoms with Crippen LogP contribution < -0.4 is 0 Å². The van der Waals surface area contributed by atoms with Gasteiger partial charge in [0.15, 0.2) is 11.6 Å². The van der Waals surface area contributed by atoms with E-state index in [0.717, 1.165) is 9.88 Å². The summed E-state index contributed by atoms with van der Waals surface area (Å²) in [5.41, 5.74) is 3.73. The van der Waals surface area contributed by atoms with Crippen LogP contribution in [0.25, 0.3) is 32.9 Å². The molecular weight excluding hydrogens is 526 g/mol. The number of rotatable bonds is 3. The molecule has 5 aromatic rings. The van der Waals surface area contributed by atoms with Crippen molar-refractivity contribution in [3.63, 3.8) is 0 Å². The molecule has 41 heavy (non-hydrogen) atoms. The Kier molecular flexibility index (Phi) is 5.80. The summed E-state index contributed by atoms with van der Waals surface area (Å²) in [5, 5.41) is 3.59. The Morgan fingerprint density at radius 1 is 0.707 bits per heavy atom. The Labute approximate surface area is 242 Å². The Bertz CT molecular complexity index is 1950. The molecule has 0 spiro atoms. The predicted molar refractivity (Wildman–Crippen MR) is 167 cm³/mol. The molecule has 2 aliphatic rings. The third-order valence-corrected chi connectivity index (χ3v) is 8.57. The van der Waals surface area contributed by atoms with Crippen molar-refractivity contribution in [1.29, 1.82) is 0 Å². The number of allylic oxidation sites excluding steroid dienone is 6. The van der Waals surface area contributed by atoms with Crippen LogP contribution in [-0.2, 0) is 4.74 Å². The number of ether oxygens (including phenoxy) is 1. The van der Waals surface area contributed by atoms with Gasteiger partial charge in [-0.3, -0.25) is 9.59 Å². The highest BCUT2D eigenvalue weighted by Gasteiger charge is 2.36. The molecule has 0 saturated carbocycles. The van der Waals surface area contributed by atoms with Crippen molar-refractivity contribution in [3.8, 4) is 5.00 Å². The number of ketones is 2. The van der Waals surface area contributed by atoms with Crippen LogP contribution in [0, 0.1) is 5.41 Å². The highest BCUT2D eigenvalue weighted by Crippen LogP contribution is 2.38. The van der Waals surface area contributed by atoms with E-state index in [1.807, 2.05) is 18.2 Å². The number of thiophene rings is 1. The largest absolute Gasteiger partial charge is 0.461 e. The van der Waals surface area contributed by atoms with E-state index in [4.69, 9.17) is 4.74 Å². The lowest BCUT2D eigenvalue weighted by Gasteiger charge is -2.27. The topological polar surface area (TPSA) is 48.3 Å². The molecule has 5 heteroatoms. The molecule has 0 saturated heterocycles. The minimum absolute atomic E-state index is 0.201. The van der Waals surface area contributed by atoms with Crippen molar-refractivity contribution in [3.05, 3.63) is 142 Å². The molecule has 0 unspecified atom stereocenters. The van der Waals surface area contributed by atoms with Crippen LogP contribution in [0.2, 0.25) is 0 Å². The number of carbonyl (C=O) groups excluding carboxylic acids is 2. The van der Waals surface area contributed by atoms with Gasteiger partial charge in [-0.1, -0.05) is 81.4 Å². The summed E-state index contributed by atoms with van der Waals surface area (Å²) in [4.78, 5) is 27.6. The first kappa shape index (κ1) is 25.2. The lowest BCUT2D eigenvalue weighted by molar-refractivity contribution is 0.0987. The fourth-order valence-electron chi connectivity index (χ4n) is 5.51. The van der Waals surface area contributed by atoms with E-state index < -0.39 is 0 Å². The molecule has 4 nitrogen and oxygen atoms in total. The van der Waals surface area contributed by atoms with Crippen LogP contribution in [-0.4, -0.2) is 16.1 Å². The van der Waals surface area contributed by atoms with E-state index >= 15 is 0 Å². The molecule has 1 aliphatic heterocycles. The summed E-state index contributed by atoms with van der Waals surface area (Å²) in [5.74, 6) is 0.820. The minimum Gasteiger partial charge on any atom is -0.461 e. The van der Waals surface area contributed by atoms with Crippen LogP contribution in [0.4, 0.5) is 0 Å². The lowest BCUT2D eigenvalue weighted by Crippen LogP contribution is -2.16. The van der Waals surface area contributed by atoms with Crippen molar-refractivity contribution in [2.24, 2.45) is 5.41 Å². The van der Waals surface area contributed by atoms with Gasteiger partial charge in [0, 0.05) is 32.2 Å². The average molecular weight is 554 g/mol. The minimum atomic E-state index is -0.316. The molecule has 0 atom stereocenters. The third-order valence-electron chi connectivity index (χ3n) is 7.54. The summed E-state index contributed by atoms with van der Waals surface area (Å²) in [6.07, 6.45) is 7.57. The van der Waals surface area contributed by atoms with Crippen molar-refractivity contribution in [2.75, 3.05) is 0 Å². The van der Waals surface area contributed by atoms with Crippen LogP contribution in [0.3, 0.4) is 0 Å². The van der Waals surface area contributed by atoms with Crippen LogP contribution in [0.15, 0.2) is 126 Å². The molecule has 200 valence electrons. The first-order valence-corrected chi connectivity index (χ1v) is 14.4. The number of hydrogen-bond acceptors (Lipinski definition) is 4. The zero-order valence-electron chi connectivity index (χ0n) is 23.0. The second kappa shape index (κ2) is 9.43. The summed E-state index contributed by atoms with van der Waals surface area (Å²) in [6.45, 7) is 6.16. The van der Waals surface area contributed by atoms with Gasteiger partial charge < -0.3 is 9.30 Å². The maximum atomic E-state index is 13.3. The first-order valence-electron chi connectivity index (χ1n) is 13.6. The van der Waals surface area contributed by atoms with Gasteiger partial charge in [-0.2, -0.15) is 0 Å². The summed E-state index contributed by atoms with van der Waals surface area (Å²) < 4.78 is 8.59. The molecule has 0 N–H and O–H groups in total. The Hall–Kier alpha value is -4.74. The maximum absolute atomic E-state index is 13.3. The number of fused-ring (bicyclic) bond motifs is 4. The standard InChI is InChI=1S/C36H27NO3S/c1-36(2,3)31-21-22(33-34(38)27-12-4-5-13-28(27)35(33)39)20-23(40-31)16-17-24-18-19-32(41-24)37-29-14-8-6-10-25(29)26-11-7-9-15-30(26)37/h4-21H,1-3H3. The van der Waals surface area contributed by atoms with Gasteiger partial charge in [-0.15, -0.1) is 11.3 Å². The second-order valence-corrected chi connectivity index (χ2v) is 12.4. The number of carbonyl (C=O) groups is 2. The molecule has 1 aliphatic carbocycles. The number of benzene rings is 3. The molecule has 0 amide bonds. The fourth-order valence-corrected chi connectivity index (χ4v) is 6.45. The van der Waals surface area contributed by atoms with Crippen molar-refractivity contribution < 1.29 is 14.3 Å². The lowest BCUT2D eigenvalue weighted by atomic mass is 9.89. The monoisotopic (exact) mass is 553 g/mol. The zero-order valence-corrected chi connectivity index (χ0v) is 23.8. The number of hydrogen-bond donors (Lipinski definition) is 0. The Morgan fingerprint density at radius 2 is 1.29 bits per heavy atom. The maximum Gasteiger partial charge on any atom is 0.198 e. The van der Waals surface area contributed by atoms with Crippen molar-refractivity contribution >= 4 is 50.8 Å². The van der Waals surface area contributed by atoms with E-state index in [1.54, 1.807) is 41.7 Å². The smallest absolute Gasteiger partial charge is 0.198 e. The SMILES string of the molecule is CC(C)(C)C1=CC(=C2C(=O)c3ccccc3C2=O)C=C(C=Cc2ccc(-n3c4ccccc4c4ccccc43)s2)O1. The van der Waals surface area contributed by atoms with Gasteiger partial charge in [0.25, 0.3) is 0 Å². The second-order valence-electron chi connectivity index (χ2n) is 11.3. The number of aromatic nitrogens is 1. The van der Waals surface area contributed by atoms with Gasteiger partial charge in [0.1, 0.15) is 16.5 Å². The van der Waals surface area contributed by atoms with Gasteiger partial charge >= 0.3 is 0 Å². The summed E-state index contributed by atoms with van der Waals surface area (Å²) in [6, 6.07) is 28.2. The predicted octanol–water partition coefficient (Wildman–Crippen LogP) is 9.08. The normalized spacial score (nSPS) is 15.6. The van der Waals surface area contributed by atoms with Gasteiger partial charge in [0.2, 0.25) is 0 Å². The van der Waals surface area contributed by atoms with Gasteiger partial charge in [-0.05, 0) is 54.1 Å². The molecule has 0 bridgehead atoms. The van der Waals surface area contributed by atoms with E-state index in [1.165, 1.54) is 21.8 Å². The summed E-state index contributed by atoms with van der Waals surface area (Å²) in [7, 11) is 0. The summed E-state index contributed by atoms with van der Waals surface area (Å²) >= 11 is 1.69. The number of Topliss-reactive ketones (excluding diaryl/α,β-unsaturated/α-hetero) is 2. The molecular formula is C36H27NO3S.